The largest absolute Gasteiger partial charge is 1.00 e. The topological polar surface area (TPSA) is 213 Å². The van der Waals surface area contributed by atoms with Gasteiger partial charge in [0.1, 0.15) is 23.0 Å². The fourth-order valence-electron chi connectivity index (χ4n) is 8.29. The smallest absolute Gasteiger partial charge is 1.00 e. The Morgan fingerprint density at radius 3 is 1.59 bits per heavy atom. The number of carbonyl (C=O) groups excluding carboxylic acids is 1. The summed E-state index contributed by atoms with van der Waals surface area (Å²) in [5, 5.41) is 27.4. The van der Waals surface area contributed by atoms with Gasteiger partial charge in [-0.25, -0.2) is 19.9 Å². The van der Waals surface area contributed by atoms with Crippen LogP contribution in [-0.4, -0.2) is 116 Å². The van der Waals surface area contributed by atoms with Crippen LogP contribution < -0.4 is 143 Å². The molecule has 2 fully saturated rings. The number of hydrogen-bond donors (Lipinski definition) is 3. The SMILES string of the molecule is C1CCNC1.COc1cc(OCCCBr)ccc1-c1c(C)sc2cnc(Nc3cnn(C)c3)nc12.COc1cc(OCCCN2CCCC2)ccc1-c1c(C)sc2cnc(Nc3cnn(C)c3)nc12.O=CO[O-].[H-].[K+].[K+]. The molecule has 8 aromatic rings. The number of carbonyl (C=O) groups is 1. The minimum atomic E-state index is -0.181. The average molecular weight is 1180 g/mol. The van der Waals surface area contributed by atoms with Gasteiger partial charge in [-0.2, -0.15) is 10.2 Å². The van der Waals surface area contributed by atoms with Gasteiger partial charge < -0.3 is 51.4 Å². The molecular weight excluding hydrogens is 1110 g/mol. The molecule has 8 heterocycles. The molecule has 0 saturated carbocycles. The Morgan fingerprint density at radius 1 is 0.733 bits per heavy atom. The van der Waals surface area contributed by atoms with Crippen molar-refractivity contribution >= 4 is 88.8 Å². The van der Waals surface area contributed by atoms with E-state index in [1.807, 2.05) is 69.2 Å². The van der Waals surface area contributed by atoms with E-state index in [1.165, 1.54) is 56.7 Å². The van der Waals surface area contributed by atoms with E-state index in [2.05, 4.69) is 81.7 Å². The molecule has 10 rings (SSSR count). The van der Waals surface area contributed by atoms with E-state index in [9.17, 15) is 0 Å². The van der Waals surface area contributed by atoms with Crippen LogP contribution in [0, 0.1) is 13.8 Å². The molecule has 2 aliphatic heterocycles. The summed E-state index contributed by atoms with van der Waals surface area (Å²) in [6.45, 7) is 11.4. The first-order chi connectivity index (χ1) is 35.6. The van der Waals surface area contributed by atoms with E-state index >= 15 is 0 Å². The zero-order valence-corrected chi connectivity index (χ0v) is 53.4. The fraction of sp³-hybridized carbons (Fsp3) is 0.392. The predicted octanol–water partition coefficient (Wildman–Crippen LogP) is 3.26. The first kappa shape index (κ1) is 62.7. The molecule has 0 aliphatic carbocycles. The van der Waals surface area contributed by atoms with Crippen LogP contribution in [0.25, 0.3) is 42.7 Å². The summed E-state index contributed by atoms with van der Waals surface area (Å²) in [6.07, 6.45) is 18.4. The maximum Gasteiger partial charge on any atom is 1.00 e. The summed E-state index contributed by atoms with van der Waals surface area (Å²) < 4.78 is 28.9. The second kappa shape index (κ2) is 32.7. The molecule has 0 unspecified atom stereocenters. The third-order valence-corrected chi connectivity index (χ3v) is 14.3. The van der Waals surface area contributed by atoms with Crippen LogP contribution in [0.3, 0.4) is 0 Å². The molecular formula is C51H63BrK2N12O7S2. The first-order valence-corrected chi connectivity index (χ1v) is 26.7. The van der Waals surface area contributed by atoms with E-state index in [4.69, 9.17) is 39.0 Å². The molecule has 0 amide bonds. The van der Waals surface area contributed by atoms with Crippen molar-refractivity contribution in [3.8, 4) is 45.3 Å². The number of benzene rings is 2. The number of rotatable bonds is 18. The number of alkyl halides is 1. The maximum atomic E-state index is 8.64. The maximum absolute atomic E-state index is 8.64. The third-order valence-electron chi connectivity index (χ3n) is 11.7. The molecule has 0 radical (unpaired) electrons. The number of halogens is 1. The second-order valence-electron chi connectivity index (χ2n) is 17.0. The molecule has 390 valence electrons. The number of fused-ring (bicyclic) bond motifs is 2. The van der Waals surface area contributed by atoms with Crippen molar-refractivity contribution in [1.82, 2.24) is 49.7 Å². The molecule has 2 saturated heterocycles. The van der Waals surface area contributed by atoms with Crippen LogP contribution in [-0.2, 0) is 23.8 Å². The van der Waals surface area contributed by atoms with E-state index in [-0.39, 0.29) is 111 Å². The van der Waals surface area contributed by atoms with Gasteiger partial charge in [-0.3, -0.25) is 14.2 Å². The predicted molar refractivity (Wildman–Crippen MR) is 291 cm³/mol. The Hall–Kier alpha value is -3.16. The molecule has 75 heavy (non-hydrogen) atoms. The molecule has 0 atom stereocenters. The van der Waals surface area contributed by atoms with Crippen LogP contribution >= 0.6 is 38.6 Å². The summed E-state index contributed by atoms with van der Waals surface area (Å²) in [5.74, 6) is 4.23. The summed E-state index contributed by atoms with van der Waals surface area (Å²) in [6, 6.07) is 12.0. The van der Waals surface area contributed by atoms with Crippen molar-refractivity contribution in [1.29, 1.82) is 0 Å². The van der Waals surface area contributed by atoms with Gasteiger partial charge in [-0.1, -0.05) is 15.9 Å². The number of hydrogen-bond acceptors (Lipinski definition) is 19. The van der Waals surface area contributed by atoms with Crippen molar-refractivity contribution in [2.45, 2.75) is 52.4 Å². The number of likely N-dealkylation sites (tertiary alicyclic amines) is 1. The first-order valence-electron chi connectivity index (χ1n) is 24.0. The van der Waals surface area contributed by atoms with E-state index < -0.39 is 0 Å². The molecule has 0 spiro atoms. The molecule has 3 N–H and O–H groups in total. The zero-order chi connectivity index (χ0) is 51.5. The number of nitrogens with one attached hydrogen (secondary N) is 3. The second-order valence-corrected chi connectivity index (χ2v) is 20.3. The molecule has 0 bridgehead atoms. The Morgan fingerprint density at radius 2 is 1.20 bits per heavy atom. The van der Waals surface area contributed by atoms with Crippen LogP contribution in [0.2, 0.25) is 0 Å². The van der Waals surface area contributed by atoms with Gasteiger partial charge in [-0.05, 0) is 103 Å². The number of aromatic nitrogens is 8. The summed E-state index contributed by atoms with van der Waals surface area (Å²) in [5.41, 5.74) is 7.59. The van der Waals surface area contributed by atoms with E-state index in [0.29, 0.717) is 25.1 Å². The Kier molecular flexibility index (Phi) is 27.3. The Balaban J connectivity index is 0.000000274. The summed E-state index contributed by atoms with van der Waals surface area (Å²) in [4.78, 5) is 34.6. The minimum absolute atomic E-state index is 0. The monoisotopic (exact) mass is 1180 g/mol. The van der Waals surface area contributed by atoms with Gasteiger partial charge in [0.2, 0.25) is 11.9 Å². The quantitative estimate of drug-likeness (QED) is 0.0281. The number of ether oxygens (including phenoxy) is 4. The van der Waals surface area contributed by atoms with Gasteiger partial charge in [0.15, 0.2) is 0 Å². The average Bonchev–Trinajstić information content (AvgIpc) is 4.29. The zero-order valence-electron chi connectivity index (χ0n) is 45.0. The van der Waals surface area contributed by atoms with Crippen LogP contribution in [0.15, 0.2) is 73.6 Å². The number of aryl methyl sites for hydroxylation is 4. The molecule has 19 nitrogen and oxygen atoms in total. The van der Waals surface area contributed by atoms with Crippen molar-refractivity contribution in [2.24, 2.45) is 14.1 Å². The number of anilines is 4. The Labute approximate surface area is 540 Å². The number of nitrogens with zero attached hydrogens (tertiary/aromatic N) is 9. The van der Waals surface area contributed by atoms with Gasteiger partial charge in [0, 0.05) is 82.5 Å². The molecule has 24 heteroatoms. The van der Waals surface area contributed by atoms with Crippen molar-refractivity contribution in [3.63, 3.8) is 0 Å². The molecule has 6 aromatic heterocycles. The van der Waals surface area contributed by atoms with Gasteiger partial charge >= 0.3 is 103 Å². The standard InChI is InChI=1S/C25H30N6O2S.C21H22BrN5O2S.C4H9N.CH2O3.2K.H/c1-17-23(24-22(34-17)15-26-25(29-24)28-18-14-27-30(2)16-18)20-8-7-19(13-21(20)32-3)33-12-6-11-31-9-4-5-10-31;1-13-19(16-6-5-15(9-17(16)28-3)29-8-4-7-22)20-18(30-13)11-23-21(26-20)25-14-10-24-27(2)12-14;1-2-4-5-3-1;2-1-4-3;;;/h7-8,13-16H,4-6,9-12H2,1-3H3,(H,26,28,29);5-6,9-12H,4,7-8H2,1-3H3,(H,23,25,26);5H,1-4H2;1,3H;;;/q;;;;2*+1;-1/p-1. The van der Waals surface area contributed by atoms with Gasteiger partial charge in [-0.15, -0.1) is 22.7 Å². The normalized spacial score (nSPS) is 12.7. The molecule has 2 aliphatic rings. The van der Waals surface area contributed by atoms with Crippen LogP contribution in [0.1, 0.15) is 49.7 Å². The van der Waals surface area contributed by atoms with Crippen molar-refractivity contribution < 1.29 is 138 Å². The van der Waals surface area contributed by atoms with E-state index in [0.717, 1.165) is 107 Å². The summed E-state index contributed by atoms with van der Waals surface area (Å²) in [7, 11) is 7.12. The fourth-order valence-corrected chi connectivity index (χ4v) is 10.5. The third kappa shape index (κ3) is 18.2. The summed E-state index contributed by atoms with van der Waals surface area (Å²) >= 11 is 6.78. The van der Waals surface area contributed by atoms with Gasteiger partial charge in [0.05, 0.1) is 84.0 Å². The molecule has 2 aromatic carbocycles. The number of methoxy groups -OCH3 is 2. The van der Waals surface area contributed by atoms with Crippen molar-refractivity contribution in [2.75, 3.05) is 76.1 Å². The van der Waals surface area contributed by atoms with E-state index in [1.54, 1.807) is 58.7 Å². The van der Waals surface area contributed by atoms with Gasteiger partial charge in [0.25, 0.3) is 6.47 Å². The van der Waals surface area contributed by atoms with Crippen molar-refractivity contribution in [3.05, 3.63) is 83.3 Å². The number of thiophene rings is 2. The van der Waals surface area contributed by atoms with Crippen LogP contribution in [0.4, 0.5) is 23.3 Å². The Bertz CT molecular complexity index is 3020. The minimum Gasteiger partial charge on any atom is -1.00 e. The van der Waals surface area contributed by atoms with Crippen LogP contribution in [0.5, 0.6) is 23.0 Å².